The van der Waals surface area contributed by atoms with Crippen molar-refractivity contribution in [2.45, 2.75) is 49.7 Å². The van der Waals surface area contributed by atoms with Gasteiger partial charge >= 0.3 is 0 Å². The lowest BCUT2D eigenvalue weighted by Crippen LogP contribution is -2.38. The van der Waals surface area contributed by atoms with Crippen molar-refractivity contribution >= 4 is 11.8 Å². The fourth-order valence-electron chi connectivity index (χ4n) is 2.63. The summed E-state index contributed by atoms with van der Waals surface area (Å²) in [6.45, 7) is 2.17. The number of benzene rings is 1. The van der Waals surface area contributed by atoms with Crippen molar-refractivity contribution in [1.29, 1.82) is 0 Å². The van der Waals surface area contributed by atoms with Crippen LogP contribution in [0.15, 0.2) is 24.3 Å². The fourth-order valence-corrected chi connectivity index (χ4v) is 4.06. The molecular formula is C15H23NS. The summed E-state index contributed by atoms with van der Waals surface area (Å²) in [5.74, 6) is 1.16. The quantitative estimate of drug-likeness (QED) is 0.872. The van der Waals surface area contributed by atoms with Crippen LogP contribution in [0, 0.1) is 6.92 Å². The summed E-state index contributed by atoms with van der Waals surface area (Å²) in [6, 6.07) is 9.62. The van der Waals surface area contributed by atoms with Crippen molar-refractivity contribution in [3.63, 3.8) is 0 Å². The van der Waals surface area contributed by atoms with E-state index in [1.54, 1.807) is 0 Å². The molecule has 0 bridgehead atoms. The first kappa shape index (κ1) is 13.0. The summed E-state index contributed by atoms with van der Waals surface area (Å²) < 4.78 is 0. The zero-order chi connectivity index (χ0) is 12.1. The van der Waals surface area contributed by atoms with Gasteiger partial charge in [0.15, 0.2) is 0 Å². The van der Waals surface area contributed by atoms with Crippen molar-refractivity contribution in [1.82, 2.24) is 5.32 Å². The molecule has 1 aromatic rings. The summed E-state index contributed by atoms with van der Waals surface area (Å²) >= 11 is 2.13. The third-order valence-corrected chi connectivity index (χ3v) is 5.11. The monoisotopic (exact) mass is 249 g/mol. The molecule has 1 fully saturated rings. The Bertz CT molecular complexity index is 351. The second-order valence-corrected chi connectivity index (χ2v) is 6.25. The van der Waals surface area contributed by atoms with Gasteiger partial charge in [0.2, 0.25) is 0 Å². The number of nitrogens with one attached hydrogen (secondary N) is 1. The normalized spacial score (nSPS) is 24.8. The molecule has 1 nitrogen and oxygen atoms in total. The van der Waals surface area contributed by atoms with Gasteiger partial charge in [0.1, 0.15) is 0 Å². The first-order valence-corrected chi connectivity index (χ1v) is 7.69. The van der Waals surface area contributed by atoms with Crippen LogP contribution in [-0.2, 0) is 5.75 Å². The molecule has 2 unspecified atom stereocenters. The van der Waals surface area contributed by atoms with Gasteiger partial charge in [0, 0.05) is 17.0 Å². The van der Waals surface area contributed by atoms with E-state index in [4.69, 9.17) is 0 Å². The molecule has 0 aromatic heterocycles. The number of thioether (sulfide) groups is 1. The maximum atomic E-state index is 3.48. The molecule has 2 atom stereocenters. The maximum absolute atomic E-state index is 3.48. The summed E-state index contributed by atoms with van der Waals surface area (Å²) in [4.78, 5) is 0. The molecule has 1 aliphatic carbocycles. The predicted molar refractivity (Wildman–Crippen MR) is 77.6 cm³/mol. The molecule has 0 saturated heterocycles. The molecular weight excluding hydrogens is 226 g/mol. The van der Waals surface area contributed by atoms with Crippen LogP contribution in [0.5, 0.6) is 0 Å². The third kappa shape index (κ3) is 3.75. The highest BCUT2D eigenvalue weighted by Crippen LogP contribution is 2.30. The Morgan fingerprint density at radius 2 is 2.12 bits per heavy atom. The molecule has 94 valence electrons. The second-order valence-electron chi connectivity index (χ2n) is 5.02. The van der Waals surface area contributed by atoms with Gasteiger partial charge < -0.3 is 5.32 Å². The minimum atomic E-state index is 0.721. The fraction of sp³-hybridized carbons (Fsp3) is 0.600. The maximum Gasteiger partial charge on any atom is 0.0204 e. The molecule has 1 aliphatic rings. The highest BCUT2D eigenvalue weighted by Gasteiger charge is 2.23. The van der Waals surface area contributed by atoms with E-state index in [1.807, 2.05) is 0 Å². The molecule has 1 saturated carbocycles. The Hall–Kier alpha value is -0.470. The van der Waals surface area contributed by atoms with E-state index in [0.717, 1.165) is 17.0 Å². The smallest absolute Gasteiger partial charge is 0.0204 e. The molecule has 1 aromatic carbocycles. The zero-order valence-corrected chi connectivity index (χ0v) is 11.7. The molecule has 17 heavy (non-hydrogen) atoms. The van der Waals surface area contributed by atoms with Gasteiger partial charge in [-0.25, -0.2) is 0 Å². The summed E-state index contributed by atoms with van der Waals surface area (Å²) in [7, 11) is 2.11. The van der Waals surface area contributed by atoms with E-state index in [9.17, 15) is 0 Å². The van der Waals surface area contributed by atoms with Crippen molar-refractivity contribution in [3.05, 3.63) is 35.4 Å². The Morgan fingerprint density at radius 1 is 1.29 bits per heavy atom. The SMILES string of the molecule is CNC1CCCCC1SCc1cccc(C)c1. The van der Waals surface area contributed by atoms with Crippen LogP contribution >= 0.6 is 11.8 Å². The van der Waals surface area contributed by atoms with Crippen LogP contribution in [-0.4, -0.2) is 18.3 Å². The van der Waals surface area contributed by atoms with Crippen LogP contribution in [0.4, 0.5) is 0 Å². The summed E-state index contributed by atoms with van der Waals surface area (Å²) in [5.41, 5.74) is 2.84. The average Bonchev–Trinajstić information content (AvgIpc) is 2.37. The van der Waals surface area contributed by atoms with E-state index in [0.29, 0.717) is 0 Å². The summed E-state index contributed by atoms with van der Waals surface area (Å²) in [6.07, 6.45) is 5.53. The average molecular weight is 249 g/mol. The third-order valence-electron chi connectivity index (χ3n) is 3.62. The van der Waals surface area contributed by atoms with Crippen LogP contribution in [0.2, 0.25) is 0 Å². The lowest BCUT2D eigenvalue weighted by Gasteiger charge is -2.30. The molecule has 0 heterocycles. The van der Waals surface area contributed by atoms with Gasteiger partial charge in [-0.2, -0.15) is 11.8 Å². The van der Waals surface area contributed by atoms with Gasteiger partial charge in [-0.1, -0.05) is 42.7 Å². The molecule has 2 rings (SSSR count). The van der Waals surface area contributed by atoms with Crippen LogP contribution in [0.3, 0.4) is 0 Å². The minimum Gasteiger partial charge on any atom is -0.316 e. The molecule has 0 radical (unpaired) electrons. The standard InChI is InChI=1S/C15H23NS/c1-12-6-5-7-13(10-12)11-17-15-9-4-3-8-14(15)16-2/h5-7,10,14-16H,3-4,8-9,11H2,1-2H3. The molecule has 0 aliphatic heterocycles. The van der Waals surface area contributed by atoms with Gasteiger partial charge in [-0.05, 0) is 32.4 Å². The highest BCUT2D eigenvalue weighted by atomic mass is 32.2. The van der Waals surface area contributed by atoms with Crippen LogP contribution in [0.25, 0.3) is 0 Å². The number of aryl methyl sites for hydroxylation is 1. The van der Waals surface area contributed by atoms with E-state index in [2.05, 4.69) is 55.3 Å². The van der Waals surface area contributed by atoms with E-state index in [1.165, 1.54) is 36.8 Å². The molecule has 2 heteroatoms. The van der Waals surface area contributed by atoms with Crippen LogP contribution in [0.1, 0.15) is 36.8 Å². The first-order valence-electron chi connectivity index (χ1n) is 6.64. The lowest BCUT2D eigenvalue weighted by atomic mass is 9.95. The zero-order valence-electron chi connectivity index (χ0n) is 10.9. The Kier molecular flexibility index (Phi) is 4.93. The van der Waals surface area contributed by atoms with Gasteiger partial charge in [-0.3, -0.25) is 0 Å². The van der Waals surface area contributed by atoms with E-state index < -0.39 is 0 Å². The Balaban J connectivity index is 1.88. The lowest BCUT2D eigenvalue weighted by molar-refractivity contribution is 0.405. The summed E-state index contributed by atoms with van der Waals surface area (Å²) in [5, 5.41) is 4.28. The molecule has 1 N–H and O–H groups in total. The van der Waals surface area contributed by atoms with Gasteiger partial charge in [0.05, 0.1) is 0 Å². The predicted octanol–water partition coefficient (Wildman–Crippen LogP) is 3.76. The van der Waals surface area contributed by atoms with Crippen molar-refractivity contribution < 1.29 is 0 Å². The first-order chi connectivity index (χ1) is 8.29. The number of hydrogen-bond acceptors (Lipinski definition) is 2. The minimum absolute atomic E-state index is 0.721. The Morgan fingerprint density at radius 3 is 2.88 bits per heavy atom. The van der Waals surface area contributed by atoms with Crippen molar-refractivity contribution in [2.75, 3.05) is 7.05 Å². The second kappa shape index (κ2) is 6.46. The topological polar surface area (TPSA) is 12.0 Å². The van der Waals surface area contributed by atoms with E-state index >= 15 is 0 Å². The largest absolute Gasteiger partial charge is 0.316 e. The van der Waals surface area contributed by atoms with Crippen molar-refractivity contribution in [3.8, 4) is 0 Å². The van der Waals surface area contributed by atoms with Gasteiger partial charge in [0.25, 0.3) is 0 Å². The molecule has 0 amide bonds. The highest BCUT2D eigenvalue weighted by molar-refractivity contribution is 7.99. The van der Waals surface area contributed by atoms with Crippen LogP contribution < -0.4 is 5.32 Å². The number of hydrogen-bond donors (Lipinski definition) is 1. The van der Waals surface area contributed by atoms with Crippen molar-refractivity contribution in [2.24, 2.45) is 0 Å². The Labute approximate surface area is 109 Å². The molecule has 0 spiro atoms. The van der Waals surface area contributed by atoms with Gasteiger partial charge in [-0.15, -0.1) is 0 Å². The number of rotatable bonds is 4. The van der Waals surface area contributed by atoms with E-state index in [-0.39, 0.29) is 0 Å².